The van der Waals surface area contributed by atoms with Crippen molar-refractivity contribution < 1.29 is 0 Å². The van der Waals surface area contributed by atoms with Gasteiger partial charge in [0.2, 0.25) is 0 Å². The molecule has 0 bridgehead atoms. The maximum Gasteiger partial charge on any atom is 0.138 e. The molecule has 0 spiro atoms. The van der Waals surface area contributed by atoms with Gasteiger partial charge in [0.25, 0.3) is 0 Å². The van der Waals surface area contributed by atoms with E-state index in [9.17, 15) is 0 Å². The van der Waals surface area contributed by atoms with E-state index < -0.39 is 0 Å². The summed E-state index contributed by atoms with van der Waals surface area (Å²) in [6, 6.07) is 10.6. The van der Waals surface area contributed by atoms with E-state index in [0.29, 0.717) is 5.92 Å². The SMILES string of the molecule is CCNc1cc(N2CC(C)Cc3ccccc32)ncn1. The molecule has 4 nitrogen and oxygen atoms in total. The van der Waals surface area contributed by atoms with E-state index in [1.807, 2.05) is 6.07 Å². The summed E-state index contributed by atoms with van der Waals surface area (Å²) in [5.41, 5.74) is 2.67. The van der Waals surface area contributed by atoms with Crippen molar-refractivity contribution in [2.75, 3.05) is 23.3 Å². The van der Waals surface area contributed by atoms with Crippen LogP contribution in [-0.2, 0) is 6.42 Å². The fourth-order valence-corrected chi connectivity index (χ4v) is 2.79. The molecule has 1 aliphatic rings. The molecule has 0 amide bonds. The van der Waals surface area contributed by atoms with Gasteiger partial charge in [-0.15, -0.1) is 0 Å². The van der Waals surface area contributed by atoms with E-state index in [2.05, 4.69) is 58.3 Å². The van der Waals surface area contributed by atoms with Gasteiger partial charge in [-0.3, -0.25) is 0 Å². The van der Waals surface area contributed by atoms with Gasteiger partial charge in [0.15, 0.2) is 0 Å². The van der Waals surface area contributed by atoms with Crippen molar-refractivity contribution >= 4 is 17.3 Å². The zero-order chi connectivity index (χ0) is 13.9. The maximum absolute atomic E-state index is 4.45. The summed E-state index contributed by atoms with van der Waals surface area (Å²) in [7, 11) is 0. The van der Waals surface area contributed by atoms with Crippen LogP contribution in [0.2, 0.25) is 0 Å². The van der Waals surface area contributed by atoms with Crippen LogP contribution in [0.4, 0.5) is 17.3 Å². The van der Waals surface area contributed by atoms with E-state index in [1.54, 1.807) is 6.33 Å². The summed E-state index contributed by atoms with van der Waals surface area (Å²) >= 11 is 0. The number of fused-ring (bicyclic) bond motifs is 1. The Morgan fingerprint density at radius 3 is 3.00 bits per heavy atom. The molecule has 0 saturated heterocycles. The standard InChI is InChI=1S/C16H20N4/c1-3-17-15-9-16(19-11-18-15)20-10-12(2)8-13-6-4-5-7-14(13)20/h4-7,9,11-12H,3,8,10H2,1-2H3,(H,17,18,19). The molecule has 1 N–H and O–H groups in total. The molecule has 4 heteroatoms. The molecule has 1 unspecified atom stereocenters. The van der Waals surface area contributed by atoms with Gasteiger partial charge in [-0.25, -0.2) is 9.97 Å². The topological polar surface area (TPSA) is 41.0 Å². The smallest absolute Gasteiger partial charge is 0.138 e. The zero-order valence-corrected chi connectivity index (χ0v) is 12.0. The lowest BCUT2D eigenvalue weighted by Gasteiger charge is -2.34. The van der Waals surface area contributed by atoms with Crippen molar-refractivity contribution in [2.24, 2.45) is 5.92 Å². The van der Waals surface area contributed by atoms with Gasteiger partial charge in [-0.05, 0) is 30.9 Å². The Balaban J connectivity index is 1.99. The highest BCUT2D eigenvalue weighted by Gasteiger charge is 2.23. The van der Waals surface area contributed by atoms with Crippen LogP contribution in [0.3, 0.4) is 0 Å². The number of nitrogens with one attached hydrogen (secondary N) is 1. The number of hydrogen-bond donors (Lipinski definition) is 1. The number of hydrogen-bond acceptors (Lipinski definition) is 4. The molecule has 104 valence electrons. The first-order valence-electron chi connectivity index (χ1n) is 7.19. The van der Waals surface area contributed by atoms with Crippen LogP contribution in [0.15, 0.2) is 36.7 Å². The number of anilines is 3. The Kier molecular flexibility index (Phi) is 3.54. The van der Waals surface area contributed by atoms with E-state index in [-0.39, 0.29) is 0 Å². The van der Waals surface area contributed by atoms with Crippen LogP contribution >= 0.6 is 0 Å². The summed E-state index contributed by atoms with van der Waals surface area (Å²) in [6.45, 7) is 6.22. The van der Waals surface area contributed by atoms with E-state index >= 15 is 0 Å². The molecular weight excluding hydrogens is 248 g/mol. The second kappa shape index (κ2) is 5.49. The fourth-order valence-electron chi connectivity index (χ4n) is 2.79. The summed E-state index contributed by atoms with van der Waals surface area (Å²) in [5.74, 6) is 2.48. The zero-order valence-electron chi connectivity index (χ0n) is 12.0. The number of para-hydroxylation sites is 1. The first kappa shape index (κ1) is 12.9. The minimum absolute atomic E-state index is 0.627. The van der Waals surface area contributed by atoms with Crippen LogP contribution in [0.25, 0.3) is 0 Å². The summed E-state index contributed by atoms with van der Waals surface area (Å²) in [5, 5.41) is 3.24. The van der Waals surface area contributed by atoms with Gasteiger partial charge >= 0.3 is 0 Å². The minimum Gasteiger partial charge on any atom is -0.370 e. The van der Waals surface area contributed by atoms with Crippen LogP contribution in [0.1, 0.15) is 19.4 Å². The van der Waals surface area contributed by atoms with Crippen LogP contribution in [-0.4, -0.2) is 23.1 Å². The van der Waals surface area contributed by atoms with E-state index in [4.69, 9.17) is 0 Å². The van der Waals surface area contributed by atoms with Crippen molar-refractivity contribution in [3.05, 3.63) is 42.2 Å². The predicted molar refractivity (Wildman–Crippen MR) is 82.5 cm³/mol. The molecule has 1 aromatic carbocycles. The van der Waals surface area contributed by atoms with Crippen molar-refractivity contribution in [1.29, 1.82) is 0 Å². The van der Waals surface area contributed by atoms with Gasteiger partial charge in [-0.2, -0.15) is 0 Å². The fraction of sp³-hybridized carbons (Fsp3) is 0.375. The average Bonchev–Trinajstić information content (AvgIpc) is 2.47. The first-order valence-corrected chi connectivity index (χ1v) is 7.19. The monoisotopic (exact) mass is 268 g/mol. The minimum atomic E-state index is 0.627. The van der Waals surface area contributed by atoms with Gasteiger partial charge < -0.3 is 10.2 Å². The molecule has 0 aliphatic carbocycles. The lowest BCUT2D eigenvalue weighted by atomic mass is 9.94. The Labute approximate surface area is 119 Å². The van der Waals surface area contributed by atoms with Gasteiger partial charge in [0.1, 0.15) is 18.0 Å². The van der Waals surface area contributed by atoms with Gasteiger partial charge in [-0.1, -0.05) is 25.1 Å². The molecule has 1 aromatic heterocycles. The van der Waals surface area contributed by atoms with Gasteiger partial charge in [0, 0.05) is 24.8 Å². The van der Waals surface area contributed by atoms with Crippen LogP contribution in [0.5, 0.6) is 0 Å². The number of rotatable bonds is 3. The third-order valence-corrected chi connectivity index (χ3v) is 3.63. The molecule has 0 radical (unpaired) electrons. The second-order valence-corrected chi connectivity index (χ2v) is 5.34. The number of aromatic nitrogens is 2. The molecule has 0 fully saturated rings. The number of nitrogens with zero attached hydrogens (tertiary/aromatic N) is 3. The number of benzene rings is 1. The van der Waals surface area contributed by atoms with E-state index in [0.717, 1.165) is 31.1 Å². The van der Waals surface area contributed by atoms with E-state index in [1.165, 1.54) is 11.3 Å². The summed E-state index contributed by atoms with van der Waals surface area (Å²) in [6.07, 6.45) is 2.77. The van der Waals surface area contributed by atoms with Crippen LogP contribution in [0, 0.1) is 5.92 Å². The lowest BCUT2D eigenvalue weighted by Crippen LogP contribution is -2.31. The molecule has 3 rings (SSSR count). The average molecular weight is 268 g/mol. The molecule has 0 saturated carbocycles. The summed E-state index contributed by atoms with van der Waals surface area (Å²) in [4.78, 5) is 11.0. The lowest BCUT2D eigenvalue weighted by molar-refractivity contribution is 0.560. The van der Waals surface area contributed by atoms with Crippen molar-refractivity contribution in [3.63, 3.8) is 0 Å². The highest BCUT2D eigenvalue weighted by Crippen LogP contribution is 2.34. The maximum atomic E-state index is 4.45. The van der Waals surface area contributed by atoms with Crippen LogP contribution < -0.4 is 10.2 Å². The molecular formula is C16H20N4. The quantitative estimate of drug-likeness (QED) is 0.928. The highest BCUT2D eigenvalue weighted by atomic mass is 15.2. The van der Waals surface area contributed by atoms with Crippen molar-refractivity contribution in [3.8, 4) is 0 Å². The second-order valence-electron chi connectivity index (χ2n) is 5.34. The molecule has 2 aromatic rings. The molecule has 20 heavy (non-hydrogen) atoms. The Morgan fingerprint density at radius 1 is 1.30 bits per heavy atom. The Morgan fingerprint density at radius 2 is 2.15 bits per heavy atom. The highest BCUT2D eigenvalue weighted by molar-refractivity contribution is 5.67. The third-order valence-electron chi connectivity index (χ3n) is 3.63. The summed E-state index contributed by atoms with van der Waals surface area (Å²) < 4.78 is 0. The first-order chi connectivity index (χ1) is 9.78. The normalized spacial score (nSPS) is 17.7. The molecule has 2 heterocycles. The predicted octanol–water partition coefficient (Wildman–Crippen LogP) is 3.24. The third kappa shape index (κ3) is 2.46. The Hall–Kier alpha value is -2.10. The van der Waals surface area contributed by atoms with Gasteiger partial charge in [0.05, 0.1) is 0 Å². The van der Waals surface area contributed by atoms with Crippen molar-refractivity contribution in [1.82, 2.24) is 9.97 Å². The van der Waals surface area contributed by atoms with Crippen molar-refractivity contribution in [2.45, 2.75) is 20.3 Å². The Bertz CT molecular complexity index is 597. The molecule has 1 aliphatic heterocycles. The molecule has 1 atom stereocenters. The largest absolute Gasteiger partial charge is 0.370 e.